The Morgan fingerprint density at radius 2 is 1.41 bits per heavy atom. The molecule has 0 rings (SSSR count). The standard InChI is InChI=1S/C9H22N.C4H7NO.ClH/c1-5-9-10(6-2,7-3)8-4;1-3(2)4(5)6;/h5-9H2,1-4H3;1H2,2H3,(H2,5,6);1H/q+1;;/p-1. The molecule has 17 heavy (non-hydrogen) atoms. The van der Waals surface area contributed by atoms with E-state index in [4.69, 9.17) is 5.73 Å². The summed E-state index contributed by atoms with van der Waals surface area (Å²) in [5.74, 6) is -0.435. The number of hydrogen-bond acceptors (Lipinski definition) is 1. The zero-order valence-electron chi connectivity index (χ0n) is 12.1. The van der Waals surface area contributed by atoms with Gasteiger partial charge in [0, 0.05) is 5.57 Å². The molecule has 0 heterocycles. The third-order valence-electron chi connectivity index (χ3n) is 3.13. The van der Waals surface area contributed by atoms with E-state index < -0.39 is 5.91 Å². The number of hydrogen-bond donors (Lipinski definition) is 1. The number of quaternary nitrogens is 1. The summed E-state index contributed by atoms with van der Waals surface area (Å²) in [5, 5.41) is 0. The third kappa shape index (κ3) is 10.3. The van der Waals surface area contributed by atoms with Crippen LogP contribution in [0.3, 0.4) is 0 Å². The van der Waals surface area contributed by atoms with Gasteiger partial charge in [-0.15, -0.1) is 0 Å². The van der Waals surface area contributed by atoms with E-state index in [1.807, 2.05) is 0 Å². The van der Waals surface area contributed by atoms with Gasteiger partial charge < -0.3 is 22.6 Å². The molecule has 0 atom stereocenters. The van der Waals surface area contributed by atoms with Crippen LogP contribution in [0.15, 0.2) is 12.2 Å². The van der Waals surface area contributed by atoms with E-state index in [1.54, 1.807) is 6.92 Å². The Morgan fingerprint density at radius 1 is 1.12 bits per heavy atom. The number of carbonyl (C=O) groups excluding carboxylic acids is 1. The predicted molar refractivity (Wildman–Crippen MR) is 71.0 cm³/mol. The first-order chi connectivity index (χ1) is 7.39. The van der Waals surface area contributed by atoms with Crippen LogP contribution < -0.4 is 18.1 Å². The van der Waals surface area contributed by atoms with Gasteiger partial charge in [-0.25, -0.2) is 0 Å². The lowest BCUT2D eigenvalue weighted by Gasteiger charge is -2.35. The quantitative estimate of drug-likeness (QED) is 0.502. The van der Waals surface area contributed by atoms with Gasteiger partial charge in [-0.1, -0.05) is 13.5 Å². The molecule has 2 N–H and O–H groups in total. The minimum atomic E-state index is -0.435. The van der Waals surface area contributed by atoms with Crippen molar-refractivity contribution in [3.05, 3.63) is 12.2 Å². The molecule has 3 nitrogen and oxygen atoms in total. The molecule has 0 unspecified atom stereocenters. The molecule has 0 spiro atoms. The van der Waals surface area contributed by atoms with Crippen LogP contribution in [0.5, 0.6) is 0 Å². The fraction of sp³-hybridized carbons (Fsp3) is 0.769. The first-order valence-electron chi connectivity index (χ1n) is 6.19. The Kier molecular flexibility index (Phi) is 15.2. The number of rotatable bonds is 6. The number of carbonyl (C=O) groups is 1. The number of amides is 1. The average Bonchev–Trinajstić information content (AvgIpc) is 2.27. The van der Waals surface area contributed by atoms with E-state index in [2.05, 4.69) is 34.3 Å². The van der Waals surface area contributed by atoms with Crippen LogP contribution in [0.4, 0.5) is 0 Å². The predicted octanol–water partition coefficient (Wildman–Crippen LogP) is -0.675. The molecule has 0 bridgehead atoms. The summed E-state index contributed by atoms with van der Waals surface area (Å²) in [7, 11) is 0. The van der Waals surface area contributed by atoms with Crippen molar-refractivity contribution in [2.45, 2.75) is 41.0 Å². The fourth-order valence-electron chi connectivity index (χ4n) is 1.62. The van der Waals surface area contributed by atoms with Gasteiger partial charge in [0.2, 0.25) is 5.91 Å². The van der Waals surface area contributed by atoms with Crippen molar-refractivity contribution in [3.8, 4) is 0 Å². The number of halogens is 1. The maximum absolute atomic E-state index is 9.82. The van der Waals surface area contributed by atoms with Gasteiger partial charge in [0.25, 0.3) is 0 Å². The van der Waals surface area contributed by atoms with Gasteiger partial charge in [-0.05, 0) is 34.1 Å². The minimum Gasteiger partial charge on any atom is -1.00 e. The molecule has 0 saturated carbocycles. The molecule has 0 aliphatic heterocycles. The second-order valence-corrected chi connectivity index (χ2v) is 4.16. The van der Waals surface area contributed by atoms with E-state index >= 15 is 0 Å². The van der Waals surface area contributed by atoms with Gasteiger partial charge in [0.1, 0.15) is 0 Å². The minimum absolute atomic E-state index is 0. The Labute approximate surface area is 113 Å². The van der Waals surface area contributed by atoms with Gasteiger partial charge >= 0.3 is 0 Å². The summed E-state index contributed by atoms with van der Waals surface area (Å²) in [6.07, 6.45) is 1.32. The van der Waals surface area contributed by atoms with Crippen molar-refractivity contribution >= 4 is 5.91 Å². The number of primary amides is 1. The molecule has 0 fully saturated rings. The van der Waals surface area contributed by atoms with Crippen LogP contribution in [0.2, 0.25) is 0 Å². The highest BCUT2D eigenvalue weighted by atomic mass is 35.5. The van der Waals surface area contributed by atoms with Crippen molar-refractivity contribution in [2.75, 3.05) is 26.2 Å². The van der Waals surface area contributed by atoms with Crippen molar-refractivity contribution in [2.24, 2.45) is 5.73 Å². The summed E-state index contributed by atoms with van der Waals surface area (Å²) in [6.45, 7) is 19.2. The molecule has 1 amide bonds. The lowest BCUT2D eigenvalue weighted by atomic mass is 10.3. The second kappa shape index (κ2) is 11.9. The summed E-state index contributed by atoms with van der Waals surface area (Å²) in [4.78, 5) is 9.82. The van der Waals surface area contributed by atoms with Crippen molar-refractivity contribution in [1.82, 2.24) is 0 Å². The van der Waals surface area contributed by atoms with Crippen molar-refractivity contribution < 1.29 is 21.7 Å². The topological polar surface area (TPSA) is 43.1 Å². The van der Waals surface area contributed by atoms with Gasteiger partial charge in [-0.2, -0.15) is 0 Å². The molecule has 0 radical (unpaired) electrons. The highest BCUT2D eigenvalue weighted by molar-refractivity contribution is 5.90. The normalized spacial score (nSPS) is 9.71. The molecule has 0 aliphatic carbocycles. The van der Waals surface area contributed by atoms with E-state index in [1.165, 1.54) is 37.1 Å². The average molecular weight is 265 g/mol. The molecule has 0 saturated heterocycles. The van der Waals surface area contributed by atoms with Crippen LogP contribution in [-0.2, 0) is 4.79 Å². The molecule has 104 valence electrons. The highest BCUT2D eigenvalue weighted by Crippen LogP contribution is 2.06. The van der Waals surface area contributed by atoms with Crippen molar-refractivity contribution in [3.63, 3.8) is 0 Å². The number of nitrogens with zero attached hydrogens (tertiary/aromatic N) is 1. The first kappa shape index (κ1) is 21.7. The molecular weight excluding hydrogens is 236 g/mol. The molecule has 4 heteroatoms. The zero-order valence-corrected chi connectivity index (χ0v) is 12.8. The SMILES string of the molecule is C=C(C)C(N)=O.CCC[N+](CC)(CC)CC.[Cl-]. The fourth-order valence-corrected chi connectivity index (χ4v) is 1.62. The Balaban J connectivity index is -0.000000244. The van der Waals surface area contributed by atoms with Crippen LogP contribution in [0.1, 0.15) is 41.0 Å². The van der Waals surface area contributed by atoms with E-state index in [9.17, 15) is 4.79 Å². The summed E-state index contributed by atoms with van der Waals surface area (Å²) < 4.78 is 1.30. The zero-order chi connectivity index (χ0) is 13.2. The van der Waals surface area contributed by atoms with Crippen LogP contribution >= 0.6 is 0 Å². The Bertz CT molecular complexity index is 193. The smallest absolute Gasteiger partial charge is 0.243 e. The largest absolute Gasteiger partial charge is 1.00 e. The maximum atomic E-state index is 9.82. The van der Waals surface area contributed by atoms with Gasteiger partial charge in [-0.3, -0.25) is 4.79 Å². The lowest BCUT2D eigenvalue weighted by Crippen LogP contribution is -3.00. The third-order valence-corrected chi connectivity index (χ3v) is 3.13. The van der Waals surface area contributed by atoms with Crippen LogP contribution in [-0.4, -0.2) is 36.6 Å². The van der Waals surface area contributed by atoms with Crippen LogP contribution in [0.25, 0.3) is 0 Å². The van der Waals surface area contributed by atoms with Crippen molar-refractivity contribution in [1.29, 1.82) is 0 Å². The van der Waals surface area contributed by atoms with E-state index in [0.29, 0.717) is 5.57 Å². The van der Waals surface area contributed by atoms with Gasteiger partial charge in [0.15, 0.2) is 0 Å². The maximum Gasteiger partial charge on any atom is 0.243 e. The summed E-state index contributed by atoms with van der Waals surface area (Å²) in [5.41, 5.74) is 5.09. The summed E-state index contributed by atoms with van der Waals surface area (Å²) in [6, 6.07) is 0. The summed E-state index contributed by atoms with van der Waals surface area (Å²) >= 11 is 0. The highest BCUT2D eigenvalue weighted by Gasteiger charge is 2.17. The second-order valence-electron chi connectivity index (χ2n) is 4.16. The first-order valence-corrected chi connectivity index (χ1v) is 6.19. The van der Waals surface area contributed by atoms with Gasteiger partial charge in [0.05, 0.1) is 26.2 Å². The monoisotopic (exact) mass is 264 g/mol. The molecular formula is C13H29ClN2O. The van der Waals surface area contributed by atoms with Crippen LogP contribution in [0, 0.1) is 0 Å². The Hall–Kier alpha value is -0.540. The Morgan fingerprint density at radius 3 is 1.47 bits per heavy atom. The molecule has 0 aliphatic rings. The molecule has 0 aromatic carbocycles. The molecule has 0 aromatic heterocycles. The molecule has 0 aromatic rings. The number of nitrogens with two attached hydrogens (primary N) is 1. The van der Waals surface area contributed by atoms with E-state index in [-0.39, 0.29) is 12.4 Å². The lowest BCUT2D eigenvalue weighted by molar-refractivity contribution is -0.923. The van der Waals surface area contributed by atoms with E-state index in [0.717, 1.165) is 0 Å².